The van der Waals surface area contributed by atoms with E-state index >= 15 is 0 Å². The van der Waals surface area contributed by atoms with Gasteiger partial charge >= 0.3 is 12.0 Å². The van der Waals surface area contributed by atoms with Crippen molar-refractivity contribution < 1.29 is 23.9 Å². The summed E-state index contributed by atoms with van der Waals surface area (Å²) in [5.74, 6) is -1.50. The molecule has 0 spiro atoms. The summed E-state index contributed by atoms with van der Waals surface area (Å²) in [5.41, 5.74) is 0. The van der Waals surface area contributed by atoms with E-state index in [1.807, 2.05) is 5.32 Å². The lowest BCUT2D eigenvalue weighted by molar-refractivity contribution is -0.140. The Balaban J connectivity index is 2.72. The number of hydrogen-bond donors (Lipinski definition) is 1. The Morgan fingerprint density at radius 1 is 1.27 bits per heavy atom. The lowest BCUT2D eigenvalue weighted by Gasteiger charge is -2.34. The van der Waals surface area contributed by atoms with E-state index in [-0.39, 0.29) is 19.0 Å². The first kappa shape index (κ1) is 19.3. The molecule has 0 aromatic rings. The Labute approximate surface area is 143 Å². The average molecular weight is 376 g/mol. The molecular formula is C12H17Cl3N2O5. The maximum atomic E-state index is 12.2. The first-order valence-electron chi connectivity index (χ1n) is 6.59. The summed E-state index contributed by atoms with van der Waals surface area (Å²) in [6.45, 7) is 1.08. The van der Waals surface area contributed by atoms with E-state index in [1.54, 1.807) is 0 Å². The van der Waals surface area contributed by atoms with Crippen molar-refractivity contribution in [2.45, 2.75) is 29.1 Å². The minimum atomic E-state index is -2.24. The predicted molar refractivity (Wildman–Crippen MR) is 81.0 cm³/mol. The van der Waals surface area contributed by atoms with Gasteiger partial charge in [0, 0.05) is 25.8 Å². The Morgan fingerprint density at radius 2 is 1.86 bits per heavy atom. The molecule has 0 bridgehead atoms. The maximum Gasteiger partial charge on any atom is 0.324 e. The topological polar surface area (TPSA) is 84.9 Å². The van der Waals surface area contributed by atoms with Crippen LogP contribution in [-0.2, 0) is 19.1 Å². The van der Waals surface area contributed by atoms with Crippen LogP contribution in [0.4, 0.5) is 4.79 Å². The molecule has 0 radical (unpaired) electrons. The maximum absolute atomic E-state index is 12.2. The number of rotatable bonds is 4. The number of esters is 1. The van der Waals surface area contributed by atoms with Crippen molar-refractivity contribution >= 4 is 52.7 Å². The van der Waals surface area contributed by atoms with Gasteiger partial charge in [-0.1, -0.05) is 34.8 Å². The number of halogens is 3. The summed E-state index contributed by atoms with van der Waals surface area (Å²) in [5, 5.41) is 2.02. The molecule has 1 saturated heterocycles. The summed E-state index contributed by atoms with van der Waals surface area (Å²) in [4.78, 5) is 36.4. The predicted octanol–water partition coefficient (Wildman–Crippen LogP) is 1.64. The zero-order valence-corrected chi connectivity index (χ0v) is 14.2. The summed E-state index contributed by atoms with van der Waals surface area (Å²) in [7, 11) is 1.26. The monoisotopic (exact) mass is 374 g/mol. The van der Waals surface area contributed by atoms with Crippen molar-refractivity contribution in [3.63, 3.8) is 0 Å². The molecule has 3 amide bonds. The van der Waals surface area contributed by atoms with Crippen LogP contribution in [0.15, 0.2) is 0 Å². The van der Waals surface area contributed by atoms with E-state index in [1.165, 1.54) is 12.0 Å². The van der Waals surface area contributed by atoms with Crippen LogP contribution >= 0.6 is 34.8 Å². The highest BCUT2D eigenvalue weighted by molar-refractivity contribution is 6.76. The normalized spacial score (nSPS) is 16.0. The highest BCUT2D eigenvalue weighted by Gasteiger charge is 2.35. The first-order chi connectivity index (χ1) is 10.3. The zero-order valence-electron chi connectivity index (χ0n) is 11.9. The van der Waals surface area contributed by atoms with Gasteiger partial charge in [-0.2, -0.15) is 0 Å². The third-order valence-electron chi connectivity index (χ3n) is 3.15. The molecule has 7 nitrogen and oxygen atoms in total. The van der Waals surface area contributed by atoms with Crippen LogP contribution < -0.4 is 5.32 Å². The number of imide groups is 1. The first-order valence-corrected chi connectivity index (χ1v) is 7.72. The molecular weight excluding hydrogens is 359 g/mol. The highest BCUT2D eigenvalue weighted by atomic mass is 35.6. The molecule has 1 fully saturated rings. The fraction of sp³-hybridized carbons (Fsp3) is 0.750. The number of carbonyl (C=O) groups excluding carboxylic acids is 3. The van der Waals surface area contributed by atoms with E-state index in [0.717, 1.165) is 0 Å². The zero-order chi connectivity index (χ0) is 16.8. The largest absolute Gasteiger partial charge is 0.469 e. The molecule has 0 aromatic heterocycles. The average Bonchev–Trinajstić information content (AvgIpc) is 2.47. The number of urea groups is 1. The molecule has 0 aliphatic carbocycles. The number of ether oxygens (including phenoxy) is 2. The number of alkyl halides is 3. The van der Waals surface area contributed by atoms with Crippen LogP contribution in [0.1, 0.15) is 19.3 Å². The van der Waals surface area contributed by atoms with Gasteiger partial charge in [0.25, 0.3) is 9.70 Å². The molecule has 10 heteroatoms. The third kappa shape index (κ3) is 6.16. The molecule has 1 N–H and O–H groups in total. The summed E-state index contributed by atoms with van der Waals surface area (Å²) in [6, 6.07) is -0.881. The molecule has 1 rings (SSSR count). The minimum Gasteiger partial charge on any atom is -0.469 e. The van der Waals surface area contributed by atoms with Crippen molar-refractivity contribution in [1.82, 2.24) is 10.2 Å². The van der Waals surface area contributed by atoms with E-state index in [9.17, 15) is 14.4 Å². The van der Waals surface area contributed by atoms with Gasteiger partial charge in [-0.05, 0) is 12.8 Å². The Morgan fingerprint density at radius 3 is 2.36 bits per heavy atom. The van der Waals surface area contributed by atoms with Gasteiger partial charge < -0.3 is 14.4 Å². The summed E-state index contributed by atoms with van der Waals surface area (Å²) < 4.78 is 7.55. The van der Waals surface area contributed by atoms with Crippen LogP contribution in [0.2, 0.25) is 0 Å². The lowest BCUT2D eigenvalue weighted by atomic mass is 10.1. The molecule has 126 valence electrons. The fourth-order valence-corrected chi connectivity index (χ4v) is 2.14. The van der Waals surface area contributed by atoms with Gasteiger partial charge in [0.15, 0.2) is 0 Å². The number of amides is 3. The molecule has 0 saturated carbocycles. The molecule has 0 atom stereocenters. The number of methoxy groups -OCH3 is 1. The molecule has 1 heterocycles. The smallest absolute Gasteiger partial charge is 0.324 e. The Hall–Kier alpha value is -0.760. The summed E-state index contributed by atoms with van der Waals surface area (Å²) in [6.07, 6.45) is 1.19. The van der Waals surface area contributed by atoms with Crippen LogP contribution in [-0.4, -0.2) is 59.5 Å². The lowest BCUT2D eigenvalue weighted by Crippen LogP contribution is -2.52. The second-order valence-corrected chi connectivity index (χ2v) is 6.90. The third-order valence-corrected chi connectivity index (χ3v) is 3.67. The fourth-order valence-electron chi connectivity index (χ4n) is 2.00. The van der Waals surface area contributed by atoms with Crippen molar-refractivity contribution in [1.29, 1.82) is 0 Å². The second-order valence-electron chi connectivity index (χ2n) is 4.62. The number of nitrogens with zero attached hydrogens (tertiary/aromatic N) is 1. The highest BCUT2D eigenvalue weighted by Crippen LogP contribution is 2.26. The van der Waals surface area contributed by atoms with Crippen LogP contribution in [0.3, 0.4) is 0 Å². The quantitative estimate of drug-likeness (QED) is 0.596. The molecule has 22 heavy (non-hydrogen) atoms. The van der Waals surface area contributed by atoms with E-state index in [2.05, 4.69) is 4.74 Å². The molecule has 1 aliphatic rings. The van der Waals surface area contributed by atoms with Gasteiger partial charge in [0.1, 0.15) is 0 Å². The molecule has 1 aliphatic heterocycles. The van der Waals surface area contributed by atoms with E-state index < -0.39 is 21.7 Å². The molecule has 0 unspecified atom stereocenters. The molecule has 0 aromatic carbocycles. The van der Waals surface area contributed by atoms with Gasteiger partial charge in [-0.3, -0.25) is 14.9 Å². The van der Waals surface area contributed by atoms with Gasteiger partial charge in [0.2, 0.25) is 0 Å². The number of hydrogen-bond acceptors (Lipinski definition) is 5. The van der Waals surface area contributed by atoms with Crippen LogP contribution in [0.5, 0.6) is 0 Å². The van der Waals surface area contributed by atoms with Crippen LogP contribution in [0, 0.1) is 0 Å². The SMILES string of the molecule is COC(=O)CCN(C(=O)NC(=O)C(Cl)(Cl)Cl)C1CCOCC1. The van der Waals surface area contributed by atoms with Crippen molar-refractivity contribution in [3.8, 4) is 0 Å². The number of carbonyl (C=O) groups is 3. The number of nitrogens with one attached hydrogen (secondary N) is 1. The van der Waals surface area contributed by atoms with Crippen molar-refractivity contribution in [2.75, 3.05) is 26.9 Å². The van der Waals surface area contributed by atoms with Crippen molar-refractivity contribution in [2.24, 2.45) is 0 Å². The van der Waals surface area contributed by atoms with E-state index in [0.29, 0.717) is 26.1 Å². The van der Waals surface area contributed by atoms with E-state index in [4.69, 9.17) is 39.5 Å². The van der Waals surface area contributed by atoms with Gasteiger partial charge in [-0.15, -0.1) is 0 Å². The minimum absolute atomic E-state index is 0.00321. The van der Waals surface area contributed by atoms with Crippen LogP contribution in [0.25, 0.3) is 0 Å². The standard InChI is InChI=1S/C12H17Cl3N2O5/c1-21-9(18)2-5-17(8-3-6-22-7-4-8)11(20)16-10(19)12(13,14)15/h8H,2-7H2,1H3,(H,16,19,20). The second kappa shape index (κ2) is 8.76. The van der Waals surface area contributed by atoms with Crippen molar-refractivity contribution in [3.05, 3.63) is 0 Å². The summed E-state index contributed by atoms with van der Waals surface area (Å²) >= 11 is 16.3. The Kier molecular flexibility index (Phi) is 7.68. The van der Waals surface area contributed by atoms with Gasteiger partial charge in [0.05, 0.1) is 13.5 Å². The Bertz CT molecular complexity index is 421. The van der Waals surface area contributed by atoms with Gasteiger partial charge in [-0.25, -0.2) is 4.79 Å².